The Kier molecular flexibility index (Phi) is 5.95. The molecule has 0 aromatic heterocycles. The first-order chi connectivity index (χ1) is 8.71. The van der Waals surface area contributed by atoms with E-state index < -0.39 is 0 Å². The van der Waals surface area contributed by atoms with Crippen molar-refractivity contribution < 1.29 is 0 Å². The number of nitrogens with two attached hydrogens (primary N) is 1. The van der Waals surface area contributed by atoms with E-state index in [9.17, 15) is 0 Å². The molecule has 0 spiro atoms. The van der Waals surface area contributed by atoms with Crippen LogP contribution in [0.15, 0.2) is 30.3 Å². The normalized spacial score (nSPS) is 12.7. The minimum Gasteiger partial charge on any atom is -0.327 e. The molecule has 0 aliphatic heterocycles. The Balaban J connectivity index is 2.95. The second kappa shape index (κ2) is 7.24. The lowest BCUT2D eigenvalue weighted by Gasteiger charge is -2.38. The summed E-state index contributed by atoms with van der Waals surface area (Å²) in [6.07, 6.45) is 4.02. The van der Waals surface area contributed by atoms with Crippen LogP contribution in [0.5, 0.6) is 0 Å². The van der Waals surface area contributed by atoms with Gasteiger partial charge in [0.2, 0.25) is 0 Å². The van der Waals surface area contributed by atoms with Crippen LogP contribution in [-0.2, 0) is 5.41 Å². The summed E-state index contributed by atoms with van der Waals surface area (Å²) >= 11 is 0. The zero-order chi connectivity index (χ0) is 13.4. The molecule has 0 amide bonds. The number of benzene rings is 1. The number of hydrogen-bond acceptors (Lipinski definition) is 1. The van der Waals surface area contributed by atoms with Crippen molar-refractivity contribution >= 4 is 0 Å². The molecule has 2 N–H and O–H groups in total. The summed E-state index contributed by atoms with van der Waals surface area (Å²) in [6, 6.07) is 10.9. The van der Waals surface area contributed by atoms with Gasteiger partial charge in [0.15, 0.2) is 0 Å². The van der Waals surface area contributed by atoms with Crippen molar-refractivity contribution in [3.63, 3.8) is 0 Å². The van der Waals surface area contributed by atoms with Crippen molar-refractivity contribution in [3.05, 3.63) is 35.9 Å². The Morgan fingerprint density at radius 1 is 1.17 bits per heavy atom. The Morgan fingerprint density at radius 3 is 2.28 bits per heavy atom. The van der Waals surface area contributed by atoms with E-state index in [4.69, 9.17) is 5.73 Å². The smallest absolute Gasteiger partial charge is 0.0145 e. The van der Waals surface area contributed by atoms with Gasteiger partial charge in [0, 0.05) is 17.9 Å². The molecule has 1 nitrogen and oxygen atoms in total. The minimum atomic E-state index is 0.0939. The summed E-state index contributed by atoms with van der Waals surface area (Å²) in [7, 11) is 0. The van der Waals surface area contributed by atoms with E-state index >= 15 is 0 Å². The first-order valence-corrected chi connectivity index (χ1v) is 6.92. The van der Waals surface area contributed by atoms with Crippen molar-refractivity contribution in [3.8, 4) is 11.8 Å². The Labute approximate surface area is 112 Å². The molecule has 0 radical (unpaired) electrons. The van der Waals surface area contributed by atoms with E-state index in [2.05, 4.69) is 56.0 Å². The lowest BCUT2D eigenvalue weighted by atomic mass is 9.69. The SMILES string of the molecule is CC#CCCC(N)C(CC)(CC)c1ccccc1. The van der Waals surface area contributed by atoms with Crippen LogP contribution in [0.1, 0.15) is 52.0 Å². The van der Waals surface area contributed by atoms with Gasteiger partial charge >= 0.3 is 0 Å². The molecule has 1 rings (SSSR count). The van der Waals surface area contributed by atoms with E-state index in [1.807, 2.05) is 6.92 Å². The Morgan fingerprint density at radius 2 is 1.78 bits per heavy atom. The van der Waals surface area contributed by atoms with Crippen molar-refractivity contribution in [2.75, 3.05) is 0 Å². The van der Waals surface area contributed by atoms with Crippen LogP contribution in [0, 0.1) is 11.8 Å². The van der Waals surface area contributed by atoms with E-state index in [-0.39, 0.29) is 11.5 Å². The first-order valence-electron chi connectivity index (χ1n) is 6.92. The topological polar surface area (TPSA) is 26.0 Å². The third kappa shape index (κ3) is 3.15. The van der Waals surface area contributed by atoms with Gasteiger partial charge in [-0.2, -0.15) is 0 Å². The second-order valence-corrected chi connectivity index (χ2v) is 4.80. The van der Waals surface area contributed by atoms with Crippen molar-refractivity contribution in [2.24, 2.45) is 5.73 Å². The third-order valence-corrected chi connectivity index (χ3v) is 4.08. The molecule has 1 unspecified atom stereocenters. The molecule has 18 heavy (non-hydrogen) atoms. The zero-order valence-corrected chi connectivity index (χ0v) is 11.9. The summed E-state index contributed by atoms with van der Waals surface area (Å²) in [4.78, 5) is 0. The van der Waals surface area contributed by atoms with Gasteiger partial charge in [0.1, 0.15) is 0 Å². The van der Waals surface area contributed by atoms with E-state index in [1.54, 1.807) is 0 Å². The Bertz CT molecular complexity index is 393. The predicted octanol–water partition coefficient (Wildman–Crippen LogP) is 3.88. The van der Waals surface area contributed by atoms with Crippen molar-refractivity contribution in [2.45, 2.75) is 57.9 Å². The largest absolute Gasteiger partial charge is 0.327 e. The van der Waals surface area contributed by atoms with E-state index in [0.717, 1.165) is 25.7 Å². The molecule has 0 aliphatic rings. The molecule has 0 aliphatic carbocycles. The lowest BCUT2D eigenvalue weighted by molar-refractivity contribution is 0.306. The van der Waals surface area contributed by atoms with Gasteiger partial charge in [-0.05, 0) is 31.7 Å². The fraction of sp³-hybridized carbons (Fsp3) is 0.529. The number of rotatable bonds is 6. The molecule has 0 bridgehead atoms. The summed E-state index contributed by atoms with van der Waals surface area (Å²) < 4.78 is 0. The highest BCUT2D eigenvalue weighted by molar-refractivity contribution is 5.27. The zero-order valence-electron chi connectivity index (χ0n) is 11.9. The fourth-order valence-corrected chi connectivity index (χ4v) is 2.80. The number of hydrogen-bond donors (Lipinski definition) is 1. The van der Waals surface area contributed by atoms with E-state index in [1.165, 1.54) is 5.56 Å². The second-order valence-electron chi connectivity index (χ2n) is 4.80. The molecule has 0 fully saturated rings. The molecule has 98 valence electrons. The first kappa shape index (κ1) is 14.8. The standard InChI is InChI=1S/C17H25N/c1-4-7-9-14-16(18)17(5-2,6-3)15-12-10-8-11-13-15/h8,10-13,16H,5-6,9,14,18H2,1-3H3. The van der Waals surface area contributed by atoms with Gasteiger partial charge in [-0.15, -0.1) is 11.8 Å². The summed E-state index contributed by atoms with van der Waals surface area (Å²) in [5.41, 5.74) is 7.94. The monoisotopic (exact) mass is 243 g/mol. The van der Waals surface area contributed by atoms with Gasteiger partial charge in [-0.1, -0.05) is 44.2 Å². The van der Waals surface area contributed by atoms with Crippen LogP contribution >= 0.6 is 0 Å². The lowest BCUT2D eigenvalue weighted by Crippen LogP contribution is -2.44. The maximum atomic E-state index is 6.48. The highest BCUT2D eigenvalue weighted by Crippen LogP contribution is 2.35. The molecule has 1 heteroatoms. The molecule has 1 atom stereocenters. The van der Waals surface area contributed by atoms with Crippen molar-refractivity contribution in [1.29, 1.82) is 0 Å². The molecular weight excluding hydrogens is 218 g/mol. The highest BCUT2D eigenvalue weighted by atomic mass is 14.7. The highest BCUT2D eigenvalue weighted by Gasteiger charge is 2.34. The van der Waals surface area contributed by atoms with Crippen LogP contribution in [0.25, 0.3) is 0 Å². The summed E-state index contributed by atoms with van der Waals surface area (Å²) in [5, 5.41) is 0. The van der Waals surface area contributed by atoms with Crippen molar-refractivity contribution in [1.82, 2.24) is 0 Å². The maximum Gasteiger partial charge on any atom is 0.0145 e. The molecule has 1 aromatic rings. The van der Waals surface area contributed by atoms with Gasteiger partial charge < -0.3 is 5.73 Å². The third-order valence-electron chi connectivity index (χ3n) is 4.08. The van der Waals surface area contributed by atoms with Crippen LogP contribution < -0.4 is 5.73 Å². The summed E-state index contributed by atoms with van der Waals surface area (Å²) in [5.74, 6) is 6.07. The average molecular weight is 243 g/mol. The van der Waals surface area contributed by atoms with Gasteiger partial charge in [-0.25, -0.2) is 0 Å². The van der Waals surface area contributed by atoms with Crippen LogP contribution in [0.2, 0.25) is 0 Å². The van der Waals surface area contributed by atoms with Crippen LogP contribution in [0.3, 0.4) is 0 Å². The van der Waals surface area contributed by atoms with Gasteiger partial charge in [0.05, 0.1) is 0 Å². The quantitative estimate of drug-likeness (QED) is 0.754. The molecule has 0 saturated heterocycles. The molecular formula is C17H25N. The minimum absolute atomic E-state index is 0.0939. The van der Waals surface area contributed by atoms with Gasteiger partial charge in [0.25, 0.3) is 0 Å². The fourth-order valence-electron chi connectivity index (χ4n) is 2.80. The van der Waals surface area contributed by atoms with Crippen LogP contribution in [-0.4, -0.2) is 6.04 Å². The maximum absolute atomic E-state index is 6.48. The Hall–Kier alpha value is -1.26. The van der Waals surface area contributed by atoms with Gasteiger partial charge in [-0.3, -0.25) is 0 Å². The van der Waals surface area contributed by atoms with Crippen LogP contribution in [0.4, 0.5) is 0 Å². The molecule has 0 heterocycles. The molecule has 0 saturated carbocycles. The molecule has 1 aromatic carbocycles. The predicted molar refractivity (Wildman–Crippen MR) is 79.4 cm³/mol. The summed E-state index contributed by atoms with van der Waals surface area (Å²) in [6.45, 7) is 6.36. The average Bonchev–Trinajstić information content (AvgIpc) is 2.42. The van der Waals surface area contributed by atoms with E-state index in [0.29, 0.717) is 0 Å².